The van der Waals surface area contributed by atoms with Gasteiger partial charge in [0.15, 0.2) is 0 Å². The van der Waals surface area contributed by atoms with Crippen molar-refractivity contribution >= 4 is 17.5 Å². The van der Waals surface area contributed by atoms with Crippen molar-refractivity contribution in [2.45, 2.75) is 83.2 Å². The third-order valence-corrected chi connectivity index (χ3v) is 8.32. The summed E-state index contributed by atoms with van der Waals surface area (Å²) in [6.07, 6.45) is 8.87. The van der Waals surface area contributed by atoms with Crippen molar-refractivity contribution in [1.29, 1.82) is 0 Å². The SMILES string of the molecule is CC(=O)N(C)CCCN1CCCC(NC(=O)C2(C3CCCCC3)Cc3c(F)ccc(C)c3N2)C1. The van der Waals surface area contributed by atoms with Gasteiger partial charge in [0.2, 0.25) is 11.8 Å². The first kappa shape index (κ1) is 25.0. The summed E-state index contributed by atoms with van der Waals surface area (Å²) in [7, 11) is 1.84. The first-order chi connectivity index (χ1) is 16.3. The predicted octanol–water partition coefficient (Wildman–Crippen LogP) is 3.87. The number of rotatable bonds is 7. The molecule has 2 aliphatic heterocycles. The fraction of sp³-hybridized carbons (Fsp3) is 0.704. The number of nitrogens with zero attached hydrogens (tertiary/aromatic N) is 2. The normalized spacial score (nSPS) is 25.5. The van der Waals surface area contributed by atoms with Crippen LogP contribution in [0.3, 0.4) is 0 Å². The van der Waals surface area contributed by atoms with E-state index in [0.29, 0.717) is 12.0 Å². The number of hydrogen-bond donors (Lipinski definition) is 2. The molecule has 4 rings (SSSR count). The van der Waals surface area contributed by atoms with Crippen LogP contribution in [-0.4, -0.2) is 66.4 Å². The van der Waals surface area contributed by atoms with Gasteiger partial charge in [0.05, 0.1) is 0 Å². The van der Waals surface area contributed by atoms with Crippen LogP contribution in [0.25, 0.3) is 0 Å². The lowest BCUT2D eigenvalue weighted by molar-refractivity contribution is -0.129. The number of hydrogen-bond acceptors (Lipinski definition) is 4. The minimum atomic E-state index is -0.762. The number of amides is 2. The molecule has 0 spiro atoms. The maximum absolute atomic E-state index is 14.8. The van der Waals surface area contributed by atoms with E-state index in [1.54, 1.807) is 17.9 Å². The molecule has 1 aliphatic carbocycles. The number of anilines is 1. The summed E-state index contributed by atoms with van der Waals surface area (Å²) in [5.41, 5.74) is 1.73. The number of benzene rings is 1. The Bertz CT molecular complexity index is 868. The lowest BCUT2D eigenvalue weighted by atomic mass is 9.72. The highest BCUT2D eigenvalue weighted by atomic mass is 19.1. The van der Waals surface area contributed by atoms with Crippen molar-refractivity contribution in [3.63, 3.8) is 0 Å². The first-order valence-corrected chi connectivity index (χ1v) is 13.1. The third kappa shape index (κ3) is 5.24. The molecule has 1 aromatic rings. The van der Waals surface area contributed by atoms with Crippen LogP contribution in [0.2, 0.25) is 0 Å². The lowest BCUT2D eigenvalue weighted by Crippen LogP contribution is -2.60. The zero-order chi connectivity index (χ0) is 24.3. The average Bonchev–Trinajstić information content (AvgIpc) is 3.26. The van der Waals surface area contributed by atoms with Crippen molar-refractivity contribution in [2.24, 2.45) is 5.92 Å². The molecule has 0 aromatic heterocycles. The molecule has 0 bridgehead atoms. The highest BCUT2D eigenvalue weighted by Gasteiger charge is 2.51. The van der Waals surface area contributed by atoms with Gasteiger partial charge in [-0.3, -0.25) is 9.59 Å². The van der Waals surface area contributed by atoms with Crippen molar-refractivity contribution < 1.29 is 14.0 Å². The van der Waals surface area contributed by atoms with Crippen LogP contribution in [0.5, 0.6) is 0 Å². The van der Waals surface area contributed by atoms with Crippen LogP contribution in [0.15, 0.2) is 12.1 Å². The predicted molar refractivity (Wildman–Crippen MR) is 133 cm³/mol. The molecular formula is C27H41FN4O2. The molecule has 2 heterocycles. The molecule has 1 aromatic carbocycles. The molecule has 3 aliphatic rings. The van der Waals surface area contributed by atoms with Crippen LogP contribution in [0.1, 0.15) is 69.4 Å². The Kier molecular flexibility index (Phi) is 7.80. The Morgan fingerprint density at radius 1 is 1.21 bits per heavy atom. The zero-order valence-electron chi connectivity index (χ0n) is 21.1. The van der Waals surface area contributed by atoms with E-state index in [9.17, 15) is 14.0 Å². The van der Waals surface area contributed by atoms with Gasteiger partial charge in [0.1, 0.15) is 11.4 Å². The third-order valence-electron chi connectivity index (χ3n) is 8.32. The monoisotopic (exact) mass is 472 g/mol. The maximum atomic E-state index is 14.8. The van der Waals surface area contributed by atoms with Gasteiger partial charge in [-0.15, -0.1) is 0 Å². The van der Waals surface area contributed by atoms with Crippen molar-refractivity contribution in [3.05, 3.63) is 29.1 Å². The van der Waals surface area contributed by atoms with Gasteiger partial charge in [-0.1, -0.05) is 25.3 Å². The standard InChI is InChI=1S/C27H41FN4O2/c1-19-12-13-24(28)23-17-27(30-25(19)23,21-9-5-4-6-10-21)26(34)29-22-11-7-15-32(18-22)16-8-14-31(3)20(2)33/h12-13,21-22,30H,4-11,14-18H2,1-3H3,(H,29,34). The van der Waals surface area contributed by atoms with E-state index in [0.717, 1.165) is 82.4 Å². The zero-order valence-corrected chi connectivity index (χ0v) is 21.1. The molecule has 2 fully saturated rings. The van der Waals surface area contributed by atoms with E-state index < -0.39 is 5.54 Å². The Labute approximate surface area is 203 Å². The van der Waals surface area contributed by atoms with Crippen LogP contribution in [-0.2, 0) is 16.0 Å². The second-order valence-electron chi connectivity index (χ2n) is 10.7. The number of nitrogens with one attached hydrogen (secondary N) is 2. The Hall–Kier alpha value is -2.15. The molecule has 2 atom stereocenters. The number of piperidine rings is 1. The van der Waals surface area contributed by atoms with Crippen molar-refractivity contribution in [3.8, 4) is 0 Å². The summed E-state index contributed by atoms with van der Waals surface area (Å²) < 4.78 is 14.8. The fourth-order valence-electron chi connectivity index (χ4n) is 6.18. The van der Waals surface area contributed by atoms with E-state index in [-0.39, 0.29) is 29.6 Å². The van der Waals surface area contributed by atoms with Gasteiger partial charge >= 0.3 is 0 Å². The highest BCUT2D eigenvalue weighted by Crippen LogP contribution is 2.45. The summed E-state index contributed by atoms with van der Waals surface area (Å²) in [5.74, 6) is 0.137. The number of aryl methyl sites for hydroxylation is 1. The van der Waals surface area contributed by atoms with Gasteiger partial charge < -0.3 is 20.4 Å². The number of fused-ring (bicyclic) bond motifs is 1. The molecule has 1 saturated carbocycles. The second kappa shape index (κ2) is 10.6. The van der Waals surface area contributed by atoms with Gasteiger partial charge in [-0.05, 0) is 69.7 Å². The molecule has 2 amide bonds. The summed E-state index contributed by atoms with van der Waals surface area (Å²) in [4.78, 5) is 29.5. The van der Waals surface area contributed by atoms with E-state index in [4.69, 9.17) is 0 Å². The van der Waals surface area contributed by atoms with Crippen LogP contribution >= 0.6 is 0 Å². The molecule has 34 heavy (non-hydrogen) atoms. The molecule has 6 nitrogen and oxygen atoms in total. The topological polar surface area (TPSA) is 64.7 Å². The average molecular weight is 473 g/mol. The maximum Gasteiger partial charge on any atom is 0.246 e. The molecule has 7 heteroatoms. The minimum absolute atomic E-state index is 0.0394. The smallest absolute Gasteiger partial charge is 0.246 e. The van der Waals surface area contributed by atoms with Crippen molar-refractivity contribution in [2.75, 3.05) is 38.5 Å². The number of carbonyl (C=O) groups is 2. The molecule has 2 unspecified atom stereocenters. The van der Waals surface area contributed by atoms with E-state index >= 15 is 0 Å². The number of carbonyl (C=O) groups excluding carboxylic acids is 2. The second-order valence-corrected chi connectivity index (χ2v) is 10.7. The van der Waals surface area contributed by atoms with Crippen molar-refractivity contribution in [1.82, 2.24) is 15.1 Å². The Morgan fingerprint density at radius 2 is 1.97 bits per heavy atom. The van der Waals surface area contributed by atoms with E-state index in [1.807, 2.05) is 14.0 Å². The molecular weight excluding hydrogens is 431 g/mol. The van der Waals surface area contributed by atoms with Gasteiger partial charge in [0, 0.05) is 50.8 Å². The fourth-order valence-corrected chi connectivity index (χ4v) is 6.18. The summed E-state index contributed by atoms with van der Waals surface area (Å²) in [6, 6.07) is 3.44. The minimum Gasteiger partial charge on any atom is -0.370 e. The van der Waals surface area contributed by atoms with Crippen LogP contribution < -0.4 is 10.6 Å². The van der Waals surface area contributed by atoms with Gasteiger partial charge in [-0.2, -0.15) is 0 Å². The van der Waals surface area contributed by atoms with E-state index in [2.05, 4.69) is 15.5 Å². The summed E-state index contributed by atoms with van der Waals surface area (Å²) >= 11 is 0. The quantitative estimate of drug-likeness (QED) is 0.632. The molecule has 0 radical (unpaired) electrons. The molecule has 188 valence electrons. The number of likely N-dealkylation sites (tertiary alicyclic amines) is 1. The number of halogens is 1. The molecule has 2 N–H and O–H groups in total. The largest absolute Gasteiger partial charge is 0.370 e. The van der Waals surface area contributed by atoms with Crippen LogP contribution in [0.4, 0.5) is 10.1 Å². The summed E-state index contributed by atoms with van der Waals surface area (Å²) in [6.45, 7) is 7.11. The van der Waals surface area contributed by atoms with Gasteiger partial charge in [0.25, 0.3) is 0 Å². The first-order valence-electron chi connectivity index (χ1n) is 13.1. The summed E-state index contributed by atoms with van der Waals surface area (Å²) in [5, 5.41) is 6.97. The lowest BCUT2D eigenvalue weighted by Gasteiger charge is -2.41. The Balaban J connectivity index is 1.44. The molecule has 1 saturated heterocycles. The van der Waals surface area contributed by atoms with Crippen LogP contribution in [0, 0.1) is 18.7 Å². The Morgan fingerprint density at radius 3 is 2.68 bits per heavy atom. The van der Waals surface area contributed by atoms with E-state index in [1.165, 1.54) is 12.5 Å². The highest BCUT2D eigenvalue weighted by molar-refractivity contribution is 5.93. The van der Waals surface area contributed by atoms with Gasteiger partial charge in [-0.25, -0.2) is 4.39 Å².